The molecule has 1 aromatic carbocycles. The lowest BCUT2D eigenvalue weighted by Gasteiger charge is -1.99. The first-order valence-electron chi connectivity index (χ1n) is 4.97. The zero-order valence-corrected chi connectivity index (χ0v) is 10.4. The van der Waals surface area contributed by atoms with Gasteiger partial charge < -0.3 is 10.3 Å². The Balaban J connectivity index is 2.42. The van der Waals surface area contributed by atoms with Gasteiger partial charge in [0.05, 0.1) is 10.6 Å². The lowest BCUT2D eigenvalue weighted by atomic mass is 10.2. The Morgan fingerprint density at radius 3 is 2.24 bits per heavy atom. The molecule has 0 fully saturated rings. The lowest BCUT2D eigenvalue weighted by molar-refractivity contribution is 0.602. The molecule has 0 radical (unpaired) electrons. The number of imidazole rings is 1. The van der Waals surface area contributed by atoms with Crippen molar-refractivity contribution in [2.24, 2.45) is 7.05 Å². The number of nitrogen functional groups attached to an aromatic ring is 1. The summed E-state index contributed by atoms with van der Waals surface area (Å²) >= 11 is 0. The molecule has 0 spiro atoms. The maximum Gasteiger partial charge on any atom is 0.200 e. The summed E-state index contributed by atoms with van der Waals surface area (Å²) in [6.45, 7) is 0. The van der Waals surface area contributed by atoms with E-state index in [1.807, 2.05) is 0 Å². The highest BCUT2D eigenvalue weighted by molar-refractivity contribution is 7.90. The number of benzene rings is 1. The molecule has 5 nitrogen and oxygen atoms in total. The number of rotatable bonds is 2. The highest BCUT2D eigenvalue weighted by Crippen LogP contribution is 2.21. The van der Waals surface area contributed by atoms with E-state index in [0.29, 0.717) is 10.8 Å². The summed E-state index contributed by atoms with van der Waals surface area (Å²) in [5.74, 6) is 0.423. The van der Waals surface area contributed by atoms with Crippen LogP contribution < -0.4 is 5.73 Å². The predicted molar refractivity (Wildman–Crippen MR) is 66.2 cm³/mol. The van der Waals surface area contributed by atoms with Crippen molar-refractivity contribution in [3.63, 3.8) is 0 Å². The lowest BCUT2D eigenvalue weighted by Crippen LogP contribution is -1.96. The monoisotopic (exact) mass is 251 g/mol. The van der Waals surface area contributed by atoms with Crippen LogP contribution in [0.5, 0.6) is 0 Å². The minimum atomic E-state index is -3.16. The number of hydrogen-bond acceptors (Lipinski definition) is 4. The van der Waals surface area contributed by atoms with Crippen LogP contribution in [0.15, 0.2) is 35.4 Å². The smallest absolute Gasteiger partial charge is 0.200 e. The van der Waals surface area contributed by atoms with Gasteiger partial charge in [0.15, 0.2) is 15.8 Å². The van der Waals surface area contributed by atoms with Crippen molar-refractivity contribution in [3.05, 3.63) is 30.5 Å². The molecule has 90 valence electrons. The average Bonchev–Trinajstić information content (AvgIpc) is 2.58. The van der Waals surface area contributed by atoms with Crippen LogP contribution in [-0.4, -0.2) is 24.2 Å². The summed E-state index contributed by atoms with van der Waals surface area (Å²) in [5.41, 5.74) is 7.20. The Hall–Kier alpha value is -1.82. The van der Waals surface area contributed by atoms with Gasteiger partial charge in [0.2, 0.25) is 0 Å². The summed E-state index contributed by atoms with van der Waals surface area (Å²) in [4.78, 5) is 4.46. The average molecular weight is 251 g/mol. The fraction of sp³-hybridized carbons (Fsp3) is 0.182. The van der Waals surface area contributed by atoms with Gasteiger partial charge in [-0.3, -0.25) is 0 Å². The van der Waals surface area contributed by atoms with E-state index < -0.39 is 9.84 Å². The summed E-state index contributed by atoms with van der Waals surface area (Å²) in [6, 6.07) is 6.57. The third-order valence-electron chi connectivity index (χ3n) is 2.49. The normalized spacial score (nSPS) is 11.6. The van der Waals surface area contributed by atoms with Gasteiger partial charge in [-0.2, -0.15) is 0 Å². The van der Waals surface area contributed by atoms with Gasteiger partial charge in [-0.15, -0.1) is 0 Å². The fourth-order valence-electron chi connectivity index (χ4n) is 1.49. The van der Waals surface area contributed by atoms with Crippen molar-refractivity contribution in [2.45, 2.75) is 4.90 Å². The first-order valence-corrected chi connectivity index (χ1v) is 6.86. The molecule has 2 rings (SSSR count). The van der Waals surface area contributed by atoms with Crippen LogP contribution in [-0.2, 0) is 16.9 Å². The van der Waals surface area contributed by atoms with Crippen molar-refractivity contribution < 1.29 is 8.42 Å². The number of aromatic nitrogens is 2. The molecule has 0 atom stereocenters. The Morgan fingerprint density at radius 2 is 1.82 bits per heavy atom. The van der Waals surface area contributed by atoms with E-state index in [2.05, 4.69) is 4.98 Å². The van der Waals surface area contributed by atoms with Gasteiger partial charge in [0, 0.05) is 25.1 Å². The summed E-state index contributed by atoms with van der Waals surface area (Å²) < 4.78 is 24.3. The highest BCUT2D eigenvalue weighted by atomic mass is 32.2. The van der Waals surface area contributed by atoms with Gasteiger partial charge in [0.1, 0.15) is 0 Å². The van der Waals surface area contributed by atoms with Crippen LogP contribution in [0, 0.1) is 0 Å². The number of aryl methyl sites for hydroxylation is 1. The molecule has 0 aliphatic carbocycles. The minimum Gasteiger partial charge on any atom is -0.369 e. The first-order chi connectivity index (χ1) is 7.88. The van der Waals surface area contributed by atoms with Crippen LogP contribution in [0.3, 0.4) is 0 Å². The molecule has 1 aromatic heterocycles. The minimum absolute atomic E-state index is 0.296. The van der Waals surface area contributed by atoms with E-state index in [4.69, 9.17) is 5.73 Å². The fourth-order valence-corrected chi connectivity index (χ4v) is 2.12. The second kappa shape index (κ2) is 3.89. The quantitative estimate of drug-likeness (QED) is 0.866. The molecule has 17 heavy (non-hydrogen) atoms. The largest absolute Gasteiger partial charge is 0.369 e. The molecular formula is C11H13N3O2S. The van der Waals surface area contributed by atoms with E-state index in [9.17, 15) is 8.42 Å². The van der Waals surface area contributed by atoms with Gasteiger partial charge in [-0.1, -0.05) is 12.1 Å². The van der Waals surface area contributed by atoms with E-state index >= 15 is 0 Å². The zero-order valence-electron chi connectivity index (χ0n) is 9.58. The molecule has 0 amide bonds. The van der Waals surface area contributed by atoms with Gasteiger partial charge in [0.25, 0.3) is 0 Å². The van der Waals surface area contributed by atoms with Gasteiger partial charge in [-0.25, -0.2) is 13.4 Å². The highest BCUT2D eigenvalue weighted by Gasteiger charge is 2.08. The predicted octanol–water partition coefficient (Wildman–Crippen LogP) is 1.07. The summed E-state index contributed by atoms with van der Waals surface area (Å²) in [7, 11) is -1.35. The Kier molecular flexibility index (Phi) is 2.66. The molecule has 0 saturated heterocycles. The zero-order chi connectivity index (χ0) is 12.6. The maximum atomic E-state index is 11.3. The first kappa shape index (κ1) is 11.7. The third-order valence-corrected chi connectivity index (χ3v) is 3.62. The number of hydrogen-bond donors (Lipinski definition) is 1. The van der Waals surface area contributed by atoms with E-state index in [0.717, 1.165) is 11.3 Å². The second-order valence-electron chi connectivity index (χ2n) is 3.89. The number of nitrogens with zero attached hydrogens (tertiary/aromatic N) is 2. The van der Waals surface area contributed by atoms with Gasteiger partial charge >= 0.3 is 0 Å². The van der Waals surface area contributed by atoms with Crippen LogP contribution in [0.4, 0.5) is 5.95 Å². The van der Waals surface area contributed by atoms with Crippen LogP contribution in [0.1, 0.15) is 0 Å². The van der Waals surface area contributed by atoms with Gasteiger partial charge in [-0.05, 0) is 12.1 Å². The van der Waals surface area contributed by atoms with Crippen molar-refractivity contribution in [1.82, 2.24) is 9.55 Å². The molecule has 2 aromatic rings. The summed E-state index contributed by atoms with van der Waals surface area (Å²) in [6.07, 6.45) is 2.98. The van der Waals surface area contributed by atoms with E-state index in [1.165, 1.54) is 6.26 Å². The van der Waals surface area contributed by atoms with Crippen molar-refractivity contribution in [3.8, 4) is 11.3 Å². The Morgan fingerprint density at radius 1 is 1.24 bits per heavy atom. The molecule has 1 heterocycles. The Labute approximate surface area is 99.8 Å². The molecule has 2 N–H and O–H groups in total. The molecular weight excluding hydrogens is 238 g/mol. The molecule has 0 bridgehead atoms. The van der Waals surface area contributed by atoms with E-state index in [1.54, 1.807) is 42.1 Å². The van der Waals surface area contributed by atoms with Crippen molar-refractivity contribution in [2.75, 3.05) is 12.0 Å². The van der Waals surface area contributed by atoms with Crippen LogP contribution >= 0.6 is 0 Å². The molecule has 0 unspecified atom stereocenters. The standard InChI is InChI=1S/C11H13N3O2S/c1-14-7-10(13-11(14)12)8-3-5-9(6-4-8)17(2,15)16/h3-7H,1-2H3,(H2,12,13). The number of sulfone groups is 1. The van der Waals surface area contributed by atoms with E-state index in [-0.39, 0.29) is 0 Å². The summed E-state index contributed by atoms with van der Waals surface area (Å²) in [5, 5.41) is 0. The van der Waals surface area contributed by atoms with Crippen LogP contribution in [0.2, 0.25) is 0 Å². The second-order valence-corrected chi connectivity index (χ2v) is 5.91. The van der Waals surface area contributed by atoms with Crippen LogP contribution in [0.25, 0.3) is 11.3 Å². The molecule has 0 saturated carbocycles. The third kappa shape index (κ3) is 2.31. The topological polar surface area (TPSA) is 78.0 Å². The number of nitrogens with two attached hydrogens (primary N) is 1. The van der Waals surface area contributed by atoms with Crippen molar-refractivity contribution in [1.29, 1.82) is 0 Å². The number of anilines is 1. The molecule has 0 aliphatic heterocycles. The molecule has 0 aliphatic rings. The molecule has 6 heteroatoms. The Bertz CT molecular complexity index is 622. The SMILES string of the molecule is Cn1cc(-c2ccc(S(C)(=O)=O)cc2)nc1N. The maximum absolute atomic E-state index is 11.3. The van der Waals surface area contributed by atoms with Crippen molar-refractivity contribution >= 4 is 15.8 Å².